The molecule has 1 aromatic heterocycles. The Hall–Kier alpha value is -3.32. The van der Waals surface area contributed by atoms with Gasteiger partial charge in [0.05, 0.1) is 19.3 Å². The van der Waals surface area contributed by atoms with Gasteiger partial charge in [0.25, 0.3) is 5.91 Å². The van der Waals surface area contributed by atoms with E-state index in [4.69, 9.17) is 9.47 Å². The molecule has 1 aliphatic heterocycles. The van der Waals surface area contributed by atoms with E-state index in [-0.39, 0.29) is 17.7 Å². The standard InChI is InChI=1S/C27H33N3O4/c1-16(2)9-11-34-20-8-6-7-19(15-20)26-23-24(22-18(4)13-17(3)14-21(22)31)28-29-25(23)27(32)30(26)10-12-33-5/h6-8,13-16,26,31H,9-12H2,1-5H3,(H,28,29). The van der Waals surface area contributed by atoms with Crippen molar-refractivity contribution in [3.63, 3.8) is 0 Å². The second-order valence-corrected chi connectivity index (χ2v) is 9.33. The van der Waals surface area contributed by atoms with Crippen molar-refractivity contribution in [1.82, 2.24) is 15.1 Å². The lowest BCUT2D eigenvalue weighted by Gasteiger charge is -2.26. The summed E-state index contributed by atoms with van der Waals surface area (Å²) in [4.78, 5) is 15.2. The topological polar surface area (TPSA) is 87.7 Å². The lowest BCUT2D eigenvalue weighted by molar-refractivity contribution is 0.0677. The molecule has 1 unspecified atom stereocenters. The maximum absolute atomic E-state index is 13.4. The third-order valence-electron chi connectivity index (χ3n) is 6.23. The number of ether oxygens (including phenoxy) is 2. The maximum Gasteiger partial charge on any atom is 0.273 e. The fourth-order valence-electron chi connectivity index (χ4n) is 4.59. The van der Waals surface area contributed by atoms with Gasteiger partial charge in [0, 0.05) is 24.8 Å². The number of hydrogen-bond acceptors (Lipinski definition) is 5. The number of phenolic OH excluding ortho intramolecular Hbond substituents is 1. The van der Waals surface area contributed by atoms with E-state index < -0.39 is 0 Å². The fraction of sp³-hybridized carbons (Fsp3) is 0.407. The molecule has 0 saturated heterocycles. The number of carbonyl (C=O) groups excluding carboxylic acids is 1. The van der Waals surface area contributed by atoms with Crippen LogP contribution in [0.2, 0.25) is 0 Å². The van der Waals surface area contributed by atoms with Gasteiger partial charge in [-0.2, -0.15) is 5.10 Å². The smallest absolute Gasteiger partial charge is 0.273 e. The van der Waals surface area contributed by atoms with Gasteiger partial charge in [-0.3, -0.25) is 9.89 Å². The molecule has 0 fully saturated rings. The van der Waals surface area contributed by atoms with Gasteiger partial charge in [-0.25, -0.2) is 0 Å². The first-order chi connectivity index (χ1) is 16.3. The zero-order valence-electron chi connectivity index (χ0n) is 20.5. The molecule has 2 aromatic carbocycles. The predicted octanol–water partition coefficient (Wildman–Crippen LogP) is 5.02. The number of hydrogen-bond donors (Lipinski definition) is 2. The Balaban J connectivity index is 1.80. The van der Waals surface area contributed by atoms with Crippen molar-refractivity contribution >= 4 is 5.91 Å². The van der Waals surface area contributed by atoms with Crippen molar-refractivity contribution in [2.75, 3.05) is 26.9 Å². The summed E-state index contributed by atoms with van der Waals surface area (Å²) in [5.41, 5.74) is 5.24. The van der Waals surface area contributed by atoms with Gasteiger partial charge in [-0.1, -0.05) is 32.0 Å². The summed E-state index contributed by atoms with van der Waals surface area (Å²) in [6.45, 7) is 9.70. The van der Waals surface area contributed by atoms with Crippen LogP contribution in [-0.4, -0.2) is 53.0 Å². The van der Waals surface area contributed by atoms with Gasteiger partial charge in [0.2, 0.25) is 0 Å². The lowest BCUT2D eigenvalue weighted by atomic mass is 9.93. The van der Waals surface area contributed by atoms with Crippen molar-refractivity contribution < 1.29 is 19.4 Å². The van der Waals surface area contributed by atoms with Gasteiger partial charge in [-0.15, -0.1) is 0 Å². The average Bonchev–Trinajstić information content (AvgIpc) is 3.30. The number of phenols is 1. The Morgan fingerprint density at radius 2 is 1.97 bits per heavy atom. The molecule has 0 spiro atoms. The van der Waals surface area contributed by atoms with Crippen molar-refractivity contribution in [2.24, 2.45) is 5.92 Å². The molecule has 2 N–H and O–H groups in total. The Bertz CT molecular complexity index is 1160. The Labute approximate surface area is 200 Å². The summed E-state index contributed by atoms with van der Waals surface area (Å²) >= 11 is 0. The number of carbonyl (C=O) groups is 1. The molecule has 1 aliphatic rings. The largest absolute Gasteiger partial charge is 0.507 e. The number of nitrogens with one attached hydrogen (secondary N) is 1. The third kappa shape index (κ3) is 4.53. The molecule has 3 aromatic rings. The van der Waals surface area contributed by atoms with Crippen LogP contribution in [-0.2, 0) is 4.74 Å². The normalized spacial score (nSPS) is 15.3. The van der Waals surface area contributed by atoms with Crippen molar-refractivity contribution in [2.45, 2.75) is 40.2 Å². The minimum absolute atomic E-state index is 0.133. The number of nitrogens with zero attached hydrogens (tertiary/aromatic N) is 2. The Morgan fingerprint density at radius 1 is 1.18 bits per heavy atom. The number of benzene rings is 2. The molecule has 7 heteroatoms. The molecule has 2 heterocycles. The van der Waals surface area contributed by atoms with Crippen LogP contribution in [0.1, 0.15) is 59.1 Å². The van der Waals surface area contributed by atoms with E-state index in [1.54, 1.807) is 18.1 Å². The van der Waals surface area contributed by atoms with Gasteiger partial charge >= 0.3 is 0 Å². The molecule has 0 radical (unpaired) electrons. The van der Waals surface area contributed by atoms with E-state index in [1.807, 2.05) is 44.2 Å². The SMILES string of the molecule is COCCN1C(=O)c2[nH]nc(-c3c(C)cc(C)cc3O)c2C1c1cccc(OCCC(C)C)c1. The average molecular weight is 464 g/mol. The minimum Gasteiger partial charge on any atom is -0.507 e. The van der Waals surface area contributed by atoms with Crippen LogP contribution in [0.25, 0.3) is 11.3 Å². The summed E-state index contributed by atoms with van der Waals surface area (Å²) in [5, 5.41) is 18.2. The van der Waals surface area contributed by atoms with Crippen molar-refractivity contribution in [3.8, 4) is 22.8 Å². The first-order valence-corrected chi connectivity index (χ1v) is 11.7. The first kappa shape index (κ1) is 23.8. The molecular weight excluding hydrogens is 430 g/mol. The first-order valence-electron chi connectivity index (χ1n) is 11.7. The summed E-state index contributed by atoms with van der Waals surface area (Å²) in [6, 6.07) is 11.2. The summed E-state index contributed by atoms with van der Waals surface area (Å²) in [6.07, 6.45) is 0.966. The quantitative estimate of drug-likeness (QED) is 0.465. The second-order valence-electron chi connectivity index (χ2n) is 9.33. The molecule has 34 heavy (non-hydrogen) atoms. The van der Waals surface area contributed by atoms with Crippen LogP contribution in [0.15, 0.2) is 36.4 Å². The molecule has 1 amide bonds. The molecule has 180 valence electrons. The highest BCUT2D eigenvalue weighted by molar-refractivity contribution is 6.00. The Kier molecular flexibility index (Phi) is 6.93. The van der Waals surface area contributed by atoms with E-state index >= 15 is 0 Å². The highest BCUT2D eigenvalue weighted by atomic mass is 16.5. The van der Waals surface area contributed by atoms with Crippen molar-refractivity contribution in [1.29, 1.82) is 0 Å². The van der Waals surface area contributed by atoms with E-state index in [1.165, 1.54) is 0 Å². The minimum atomic E-state index is -0.375. The molecule has 7 nitrogen and oxygen atoms in total. The van der Waals surface area contributed by atoms with Crippen LogP contribution >= 0.6 is 0 Å². The monoisotopic (exact) mass is 463 g/mol. The summed E-state index contributed by atoms with van der Waals surface area (Å²) in [5.74, 6) is 1.34. The van der Waals surface area contributed by atoms with Gasteiger partial charge in [-0.05, 0) is 61.1 Å². The maximum atomic E-state index is 13.4. The predicted molar refractivity (Wildman–Crippen MR) is 131 cm³/mol. The van der Waals surface area contributed by atoms with Crippen LogP contribution in [0.5, 0.6) is 11.5 Å². The van der Waals surface area contributed by atoms with Gasteiger partial charge in [0.15, 0.2) is 0 Å². The summed E-state index contributed by atoms with van der Waals surface area (Å²) < 4.78 is 11.3. The number of methoxy groups -OCH3 is 1. The molecule has 0 bridgehead atoms. The molecular formula is C27H33N3O4. The molecule has 4 rings (SSSR count). The number of aryl methyl sites for hydroxylation is 2. The number of amides is 1. The second kappa shape index (κ2) is 9.89. The van der Waals surface area contributed by atoms with E-state index in [0.29, 0.717) is 42.6 Å². The molecule has 1 atom stereocenters. The zero-order chi connectivity index (χ0) is 24.4. The highest BCUT2D eigenvalue weighted by Crippen LogP contribution is 2.45. The van der Waals surface area contributed by atoms with Crippen LogP contribution in [0.4, 0.5) is 0 Å². The van der Waals surface area contributed by atoms with Crippen LogP contribution in [0, 0.1) is 19.8 Å². The lowest BCUT2D eigenvalue weighted by Crippen LogP contribution is -2.32. The number of aromatic nitrogens is 2. The fourth-order valence-corrected chi connectivity index (χ4v) is 4.59. The van der Waals surface area contributed by atoms with Gasteiger partial charge in [0.1, 0.15) is 22.9 Å². The number of rotatable bonds is 9. The molecule has 0 saturated carbocycles. The van der Waals surface area contributed by atoms with Crippen molar-refractivity contribution in [3.05, 3.63) is 64.3 Å². The van der Waals surface area contributed by atoms with E-state index in [9.17, 15) is 9.90 Å². The number of aromatic hydroxyl groups is 1. The van der Waals surface area contributed by atoms with Crippen LogP contribution in [0.3, 0.4) is 0 Å². The number of H-pyrrole nitrogens is 1. The zero-order valence-corrected chi connectivity index (χ0v) is 20.5. The number of fused-ring (bicyclic) bond motifs is 1. The third-order valence-corrected chi connectivity index (χ3v) is 6.23. The Morgan fingerprint density at radius 3 is 2.68 bits per heavy atom. The highest BCUT2D eigenvalue weighted by Gasteiger charge is 2.42. The van der Waals surface area contributed by atoms with E-state index in [0.717, 1.165) is 34.4 Å². The van der Waals surface area contributed by atoms with E-state index in [2.05, 4.69) is 24.0 Å². The molecule has 0 aliphatic carbocycles. The van der Waals surface area contributed by atoms with Crippen LogP contribution < -0.4 is 4.74 Å². The van der Waals surface area contributed by atoms with Gasteiger partial charge < -0.3 is 19.5 Å². The number of aromatic amines is 1. The summed E-state index contributed by atoms with van der Waals surface area (Å²) in [7, 11) is 1.62.